The van der Waals surface area contributed by atoms with Crippen molar-refractivity contribution in [1.29, 1.82) is 0 Å². The Morgan fingerprint density at radius 3 is 1.74 bits per heavy atom. The summed E-state index contributed by atoms with van der Waals surface area (Å²) >= 11 is 6.21. The predicted octanol–water partition coefficient (Wildman–Crippen LogP) is 6.26. The van der Waals surface area contributed by atoms with Crippen LogP contribution >= 0.6 is 11.6 Å². The average molecular weight is 464 g/mol. The number of aromatic nitrogens is 2. The number of nitrogens with zero attached hydrogens (tertiary/aromatic N) is 1. The van der Waals surface area contributed by atoms with Crippen molar-refractivity contribution < 1.29 is 4.79 Å². The van der Waals surface area contributed by atoms with Gasteiger partial charge in [-0.1, -0.05) is 103 Å². The molecule has 1 heterocycles. The predicted molar refractivity (Wildman–Crippen MR) is 136 cm³/mol. The third-order valence-electron chi connectivity index (χ3n) is 6.12. The molecule has 1 aromatic heterocycles. The normalized spacial score (nSPS) is 11.3. The third-order valence-corrected chi connectivity index (χ3v) is 6.36. The molecule has 4 nitrogen and oxygen atoms in total. The van der Waals surface area contributed by atoms with E-state index >= 15 is 0 Å². The smallest absolute Gasteiger partial charge is 0.198 e. The van der Waals surface area contributed by atoms with Crippen molar-refractivity contribution in [1.82, 2.24) is 10.2 Å². The molecule has 5 heteroatoms. The van der Waals surface area contributed by atoms with E-state index in [0.29, 0.717) is 27.5 Å². The van der Waals surface area contributed by atoms with Gasteiger partial charge in [-0.3, -0.25) is 9.89 Å². The Labute approximate surface area is 203 Å². The first kappa shape index (κ1) is 21.7. The lowest BCUT2D eigenvalue weighted by Gasteiger charge is -2.35. The highest BCUT2D eigenvalue weighted by molar-refractivity contribution is 6.31. The number of nitrogens with one attached hydrogen (secondary N) is 1. The van der Waals surface area contributed by atoms with Gasteiger partial charge < -0.3 is 5.73 Å². The van der Waals surface area contributed by atoms with Gasteiger partial charge in [-0.15, -0.1) is 0 Å². The molecule has 0 aliphatic rings. The summed E-state index contributed by atoms with van der Waals surface area (Å²) in [5.74, 6) is -0.240. The molecule has 0 fully saturated rings. The Hall–Kier alpha value is -4.15. The first-order valence-corrected chi connectivity index (χ1v) is 11.3. The number of carbonyl (C=O) groups is 1. The Morgan fingerprint density at radius 2 is 1.24 bits per heavy atom. The highest BCUT2D eigenvalue weighted by atomic mass is 35.5. The minimum absolute atomic E-state index is 0.240. The molecule has 0 amide bonds. The number of halogens is 1. The zero-order valence-corrected chi connectivity index (χ0v) is 19.0. The highest BCUT2D eigenvalue weighted by Gasteiger charge is 2.43. The quantitative estimate of drug-likeness (QED) is 0.177. The van der Waals surface area contributed by atoms with Crippen LogP contribution in [0.4, 0.5) is 5.69 Å². The number of aromatic amines is 1. The second-order valence-corrected chi connectivity index (χ2v) is 8.49. The maximum absolute atomic E-state index is 13.8. The molecule has 166 valence electrons. The number of hydrogen-bond acceptors (Lipinski definition) is 3. The lowest BCUT2D eigenvalue weighted by atomic mass is 9.66. The summed E-state index contributed by atoms with van der Waals surface area (Å²) in [6.45, 7) is 0. The Morgan fingerprint density at radius 1 is 0.735 bits per heavy atom. The van der Waals surface area contributed by atoms with Crippen LogP contribution in [0.25, 0.3) is 0 Å². The molecule has 0 aliphatic carbocycles. The van der Waals surface area contributed by atoms with E-state index in [-0.39, 0.29) is 5.78 Å². The van der Waals surface area contributed by atoms with Gasteiger partial charge >= 0.3 is 0 Å². The first-order valence-electron chi connectivity index (χ1n) is 10.9. The van der Waals surface area contributed by atoms with E-state index in [0.717, 1.165) is 16.7 Å². The van der Waals surface area contributed by atoms with Crippen LogP contribution in [0.2, 0.25) is 5.02 Å². The summed E-state index contributed by atoms with van der Waals surface area (Å²) in [5, 5.41) is 8.10. The molecule has 0 saturated carbocycles. The number of benzene rings is 4. The summed E-state index contributed by atoms with van der Waals surface area (Å²) in [6.07, 6.45) is 1.64. The second kappa shape index (κ2) is 9.00. The maximum Gasteiger partial charge on any atom is 0.198 e. The lowest BCUT2D eigenvalue weighted by Crippen LogP contribution is -2.33. The zero-order chi connectivity index (χ0) is 23.5. The van der Waals surface area contributed by atoms with E-state index in [2.05, 4.69) is 41.5 Å². The van der Waals surface area contributed by atoms with Crippen molar-refractivity contribution in [3.8, 4) is 0 Å². The van der Waals surface area contributed by atoms with Crippen LogP contribution in [0, 0.1) is 0 Å². The van der Waals surface area contributed by atoms with Gasteiger partial charge in [0.2, 0.25) is 0 Å². The Balaban J connectivity index is 1.85. The molecule has 5 rings (SSSR count). The Bertz CT molecular complexity index is 1330. The van der Waals surface area contributed by atoms with Crippen LogP contribution in [0.1, 0.15) is 38.3 Å². The van der Waals surface area contributed by atoms with Crippen molar-refractivity contribution >= 4 is 23.1 Å². The van der Waals surface area contributed by atoms with Gasteiger partial charge in [0, 0.05) is 22.5 Å². The minimum Gasteiger partial charge on any atom is -0.398 e. The highest BCUT2D eigenvalue weighted by Crippen LogP contribution is 2.45. The topological polar surface area (TPSA) is 71.8 Å². The van der Waals surface area contributed by atoms with Gasteiger partial charge in [0.25, 0.3) is 0 Å². The van der Waals surface area contributed by atoms with Crippen molar-refractivity contribution in [2.75, 3.05) is 5.73 Å². The van der Waals surface area contributed by atoms with Crippen LogP contribution in [0.15, 0.2) is 115 Å². The van der Waals surface area contributed by atoms with Crippen LogP contribution in [0.3, 0.4) is 0 Å². The molecule has 0 spiro atoms. The number of carbonyl (C=O) groups excluding carboxylic acids is 1. The summed E-state index contributed by atoms with van der Waals surface area (Å²) in [7, 11) is 0. The number of nitrogens with two attached hydrogens (primary N) is 1. The average Bonchev–Trinajstić information content (AvgIpc) is 3.38. The Kier molecular flexibility index (Phi) is 5.74. The van der Waals surface area contributed by atoms with Crippen LogP contribution in [-0.4, -0.2) is 16.0 Å². The largest absolute Gasteiger partial charge is 0.398 e. The zero-order valence-electron chi connectivity index (χ0n) is 18.3. The SMILES string of the molecule is Nc1ccc(Cl)cc1C(=O)c1c[nH]nc1C(c1ccccc1)(c1ccccc1)c1ccccc1. The molecule has 0 saturated heterocycles. The minimum atomic E-state index is -0.845. The fourth-order valence-corrected chi connectivity index (χ4v) is 4.77. The number of nitrogen functional groups attached to an aromatic ring is 1. The van der Waals surface area contributed by atoms with Gasteiger partial charge in [-0.2, -0.15) is 5.10 Å². The van der Waals surface area contributed by atoms with E-state index < -0.39 is 5.41 Å². The molecular formula is C29H22ClN3O. The summed E-state index contributed by atoms with van der Waals surface area (Å²) in [5.41, 5.74) is 10.1. The number of H-pyrrole nitrogens is 1. The first-order chi connectivity index (χ1) is 16.6. The number of ketones is 1. The van der Waals surface area contributed by atoms with Crippen molar-refractivity contribution in [2.45, 2.75) is 5.41 Å². The summed E-state index contributed by atoms with van der Waals surface area (Å²) < 4.78 is 0. The standard InChI is InChI=1S/C29H22ClN3O/c30-23-16-17-26(31)24(18-23)27(34)25-19-32-33-28(25)29(20-10-4-1-5-11-20,21-12-6-2-7-13-21)22-14-8-3-9-15-22/h1-19H,31H2,(H,32,33). The van der Waals surface area contributed by atoms with Crippen LogP contribution in [-0.2, 0) is 5.41 Å². The van der Waals surface area contributed by atoms with Crippen molar-refractivity contribution in [3.05, 3.63) is 154 Å². The number of hydrogen-bond donors (Lipinski definition) is 2. The molecule has 0 unspecified atom stereocenters. The molecule has 4 aromatic carbocycles. The lowest BCUT2D eigenvalue weighted by molar-refractivity contribution is 0.103. The summed E-state index contributed by atoms with van der Waals surface area (Å²) in [4.78, 5) is 13.8. The molecule has 3 N–H and O–H groups in total. The van der Waals surface area contributed by atoms with E-state index in [9.17, 15) is 4.79 Å². The van der Waals surface area contributed by atoms with Crippen molar-refractivity contribution in [2.24, 2.45) is 0 Å². The van der Waals surface area contributed by atoms with E-state index in [1.54, 1.807) is 24.4 Å². The third kappa shape index (κ3) is 3.58. The van der Waals surface area contributed by atoms with Gasteiger partial charge in [0.1, 0.15) is 0 Å². The summed E-state index contributed by atoms with van der Waals surface area (Å²) in [6, 6.07) is 35.3. The van der Waals surface area contributed by atoms with Gasteiger partial charge in [-0.05, 0) is 34.9 Å². The fourth-order valence-electron chi connectivity index (χ4n) is 4.59. The molecule has 0 aliphatic heterocycles. The fraction of sp³-hybridized carbons (Fsp3) is 0.0345. The molecule has 5 aromatic rings. The number of anilines is 1. The number of rotatable bonds is 6. The molecule has 34 heavy (non-hydrogen) atoms. The van der Waals surface area contributed by atoms with Gasteiger partial charge in [0.05, 0.1) is 16.7 Å². The molecular weight excluding hydrogens is 442 g/mol. The van der Waals surface area contributed by atoms with E-state index in [1.807, 2.05) is 54.6 Å². The monoisotopic (exact) mass is 463 g/mol. The van der Waals surface area contributed by atoms with Crippen LogP contribution < -0.4 is 5.73 Å². The van der Waals surface area contributed by atoms with Gasteiger partial charge in [0.15, 0.2) is 5.78 Å². The van der Waals surface area contributed by atoms with Crippen molar-refractivity contribution in [3.63, 3.8) is 0 Å². The van der Waals surface area contributed by atoms with E-state index in [4.69, 9.17) is 22.4 Å². The molecule has 0 radical (unpaired) electrons. The van der Waals surface area contributed by atoms with Gasteiger partial charge in [-0.25, -0.2) is 0 Å². The van der Waals surface area contributed by atoms with Crippen LogP contribution in [0.5, 0.6) is 0 Å². The second-order valence-electron chi connectivity index (χ2n) is 8.06. The molecule has 0 atom stereocenters. The van der Waals surface area contributed by atoms with E-state index in [1.165, 1.54) is 0 Å². The molecule has 0 bridgehead atoms. The maximum atomic E-state index is 13.8.